The Morgan fingerprint density at radius 3 is 2.90 bits per heavy atom. The SMILES string of the molecule is COc1ccc2ncn(CC3(C)CCN(C)C3)c(=O)c2c1. The summed E-state index contributed by atoms with van der Waals surface area (Å²) in [5, 5.41) is 0.617. The molecule has 1 fully saturated rings. The fourth-order valence-corrected chi connectivity index (χ4v) is 3.19. The Morgan fingerprint density at radius 2 is 2.24 bits per heavy atom. The molecule has 112 valence electrons. The van der Waals surface area contributed by atoms with Gasteiger partial charge in [0.1, 0.15) is 5.75 Å². The lowest BCUT2D eigenvalue weighted by molar-refractivity contribution is 0.265. The summed E-state index contributed by atoms with van der Waals surface area (Å²) in [6, 6.07) is 5.42. The highest BCUT2D eigenvalue weighted by molar-refractivity contribution is 5.78. The van der Waals surface area contributed by atoms with Gasteiger partial charge >= 0.3 is 0 Å². The average Bonchev–Trinajstić information content (AvgIpc) is 2.81. The van der Waals surface area contributed by atoms with Crippen LogP contribution in [0, 0.1) is 5.41 Å². The smallest absolute Gasteiger partial charge is 0.261 e. The zero-order chi connectivity index (χ0) is 15.0. The van der Waals surface area contributed by atoms with Crippen LogP contribution >= 0.6 is 0 Å². The molecule has 1 aromatic carbocycles. The van der Waals surface area contributed by atoms with E-state index in [9.17, 15) is 4.79 Å². The van der Waals surface area contributed by atoms with Gasteiger partial charge in [0.2, 0.25) is 0 Å². The molecule has 0 amide bonds. The van der Waals surface area contributed by atoms with Crippen LogP contribution in [0.3, 0.4) is 0 Å². The highest BCUT2D eigenvalue weighted by Crippen LogP contribution is 2.30. The molecule has 1 aliphatic heterocycles. The lowest BCUT2D eigenvalue weighted by Crippen LogP contribution is -2.32. The van der Waals surface area contributed by atoms with E-state index in [0.29, 0.717) is 23.2 Å². The molecule has 0 aliphatic carbocycles. The van der Waals surface area contributed by atoms with Gasteiger partial charge in [-0.05, 0) is 43.6 Å². The van der Waals surface area contributed by atoms with Gasteiger partial charge < -0.3 is 9.64 Å². The molecule has 2 aromatic rings. The molecule has 1 atom stereocenters. The number of likely N-dealkylation sites (tertiary alicyclic amines) is 1. The van der Waals surface area contributed by atoms with E-state index in [1.54, 1.807) is 24.1 Å². The third-order valence-electron chi connectivity index (χ3n) is 4.33. The van der Waals surface area contributed by atoms with E-state index in [0.717, 1.165) is 19.5 Å². The van der Waals surface area contributed by atoms with Crippen LogP contribution in [0.25, 0.3) is 10.9 Å². The molecule has 0 N–H and O–H groups in total. The minimum absolute atomic E-state index is 0.00896. The van der Waals surface area contributed by atoms with Gasteiger partial charge in [0.25, 0.3) is 5.56 Å². The van der Waals surface area contributed by atoms with Crippen molar-refractivity contribution >= 4 is 10.9 Å². The molecule has 5 heteroatoms. The first-order valence-corrected chi connectivity index (χ1v) is 7.22. The van der Waals surface area contributed by atoms with Crippen molar-refractivity contribution in [2.24, 2.45) is 5.41 Å². The second-order valence-electron chi connectivity index (χ2n) is 6.36. The third-order valence-corrected chi connectivity index (χ3v) is 4.33. The van der Waals surface area contributed by atoms with Crippen molar-refractivity contribution in [2.45, 2.75) is 19.9 Å². The summed E-state index contributed by atoms with van der Waals surface area (Å²) in [6.45, 7) is 5.03. The summed E-state index contributed by atoms with van der Waals surface area (Å²) in [4.78, 5) is 19.4. The molecular formula is C16H21N3O2. The predicted molar refractivity (Wildman–Crippen MR) is 82.8 cm³/mol. The number of nitrogens with zero attached hydrogens (tertiary/aromatic N) is 3. The Hall–Kier alpha value is -1.88. The molecule has 0 saturated carbocycles. The normalized spacial score (nSPS) is 22.8. The average molecular weight is 287 g/mol. The molecule has 0 spiro atoms. The van der Waals surface area contributed by atoms with Crippen LogP contribution in [0.1, 0.15) is 13.3 Å². The van der Waals surface area contributed by atoms with E-state index in [4.69, 9.17) is 4.74 Å². The molecule has 1 aliphatic rings. The Kier molecular flexibility index (Phi) is 3.45. The first-order chi connectivity index (χ1) is 10.0. The van der Waals surface area contributed by atoms with Gasteiger partial charge in [0.05, 0.1) is 24.3 Å². The molecule has 0 bridgehead atoms. The number of benzene rings is 1. The fourth-order valence-electron chi connectivity index (χ4n) is 3.19. The molecule has 2 heterocycles. The van der Waals surface area contributed by atoms with Gasteiger partial charge in [0, 0.05) is 13.1 Å². The second-order valence-corrected chi connectivity index (χ2v) is 6.36. The summed E-state index contributed by atoms with van der Waals surface area (Å²) >= 11 is 0. The van der Waals surface area contributed by atoms with E-state index in [1.165, 1.54) is 0 Å². The van der Waals surface area contributed by atoms with Crippen LogP contribution in [0.4, 0.5) is 0 Å². The van der Waals surface area contributed by atoms with Crippen molar-refractivity contribution in [1.29, 1.82) is 0 Å². The molecular weight excluding hydrogens is 266 g/mol. The van der Waals surface area contributed by atoms with Crippen molar-refractivity contribution in [3.8, 4) is 5.75 Å². The zero-order valence-electron chi connectivity index (χ0n) is 12.8. The van der Waals surface area contributed by atoms with Crippen molar-refractivity contribution in [3.63, 3.8) is 0 Å². The largest absolute Gasteiger partial charge is 0.497 e. The second kappa shape index (κ2) is 5.15. The topological polar surface area (TPSA) is 47.4 Å². The fraction of sp³-hybridized carbons (Fsp3) is 0.500. The molecule has 1 saturated heterocycles. The number of hydrogen-bond donors (Lipinski definition) is 0. The lowest BCUT2D eigenvalue weighted by Gasteiger charge is -2.24. The third kappa shape index (κ3) is 2.65. The highest BCUT2D eigenvalue weighted by atomic mass is 16.5. The van der Waals surface area contributed by atoms with Gasteiger partial charge in [-0.15, -0.1) is 0 Å². The molecule has 1 aromatic heterocycles. The summed E-state index contributed by atoms with van der Waals surface area (Å²) in [5.74, 6) is 0.686. The first kappa shape index (κ1) is 14.1. The standard InChI is InChI=1S/C16H21N3O2/c1-16(6-7-18(2)9-16)10-19-11-17-14-5-4-12(21-3)8-13(14)15(19)20/h4-5,8,11H,6-7,9-10H2,1-3H3. The maximum atomic E-state index is 12.7. The lowest BCUT2D eigenvalue weighted by atomic mass is 9.90. The number of aromatic nitrogens is 2. The monoisotopic (exact) mass is 287 g/mol. The number of hydrogen-bond acceptors (Lipinski definition) is 4. The Bertz CT molecular complexity index is 725. The summed E-state index contributed by atoms with van der Waals surface area (Å²) in [7, 11) is 3.73. The molecule has 3 rings (SSSR count). The van der Waals surface area contributed by atoms with Gasteiger partial charge in [-0.1, -0.05) is 6.92 Å². The molecule has 5 nitrogen and oxygen atoms in total. The van der Waals surface area contributed by atoms with E-state index in [-0.39, 0.29) is 11.0 Å². The van der Waals surface area contributed by atoms with Gasteiger partial charge in [-0.3, -0.25) is 9.36 Å². The highest BCUT2D eigenvalue weighted by Gasteiger charge is 2.32. The Morgan fingerprint density at radius 1 is 1.43 bits per heavy atom. The van der Waals surface area contributed by atoms with Crippen LogP contribution in [-0.4, -0.2) is 41.7 Å². The van der Waals surface area contributed by atoms with Crippen LogP contribution in [0.5, 0.6) is 5.75 Å². The number of rotatable bonds is 3. The number of fused-ring (bicyclic) bond motifs is 1. The van der Waals surface area contributed by atoms with Gasteiger partial charge in [-0.2, -0.15) is 0 Å². The van der Waals surface area contributed by atoms with Gasteiger partial charge in [0.15, 0.2) is 0 Å². The van der Waals surface area contributed by atoms with Crippen LogP contribution in [-0.2, 0) is 6.54 Å². The van der Waals surface area contributed by atoms with Crippen molar-refractivity contribution in [3.05, 3.63) is 34.9 Å². The quantitative estimate of drug-likeness (QED) is 0.863. The van der Waals surface area contributed by atoms with E-state index in [1.807, 2.05) is 12.1 Å². The maximum Gasteiger partial charge on any atom is 0.261 e. The molecule has 1 unspecified atom stereocenters. The molecule has 21 heavy (non-hydrogen) atoms. The van der Waals surface area contributed by atoms with Gasteiger partial charge in [-0.25, -0.2) is 4.98 Å². The minimum Gasteiger partial charge on any atom is -0.497 e. The molecule has 0 radical (unpaired) electrons. The van der Waals surface area contributed by atoms with Crippen molar-refractivity contribution in [2.75, 3.05) is 27.2 Å². The van der Waals surface area contributed by atoms with E-state index in [2.05, 4.69) is 23.9 Å². The predicted octanol–water partition coefficient (Wildman–Crippen LogP) is 1.75. The number of ether oxygens (including phenoxy) is 1. The first-order valence-electron chi connectivity index (χ1n) is 7.22. The zero-order valence-corrected chi connectivity index (χ0v) is 12.8. The van der Waals surface area contributed by atoms with Crippen LogP contribution < -0.4 is 10.3 Å². The minimum atomic E-state index is 0.00896. The summed E-state index contributed by atoms with van der Waals surface area (Å²) in [6.07, 6.45) is 2.77. The Labute approximate surface area is 124 Å². The van der Waals surface area contributed by atoms with E-state index >= 15 is 0 Å². The Balaban J connectivity index is 2.00. The van der Waals surface area contributed by atoms with Crippen LogP contribution in [0.15, 0.2) is 29.3 Å². The van der Waals surface area contributed by atoms with Crippen molar-refractivity contribution in [1.82, 2.24) is 14.5 Å². The van der Waals surface area contributed by atoms with Crippen molar-refractivity contribution < 1.29 is 4.74 Å². The summed E-state index contributed by atoms with van der Waals surface area (Å²) < 4.78 is 6.94. The van der Waals surface area contributed by atoms with E-state index < -0.39 is 0 Å². The van der Waals surface area contributed by atoms with Crippen LogP contribution in [0.2, 0.25) is 0 Å². The maximum absolute atomic E-state index is 12.7. The summed E-state index contributed by atoms with van der Waals surface area (Å²) in [5.41, 5.74) is 0.854. The number of methoxy groups -OCH3 is 1.